The summed E-state index contributed by atoms with van der Waals surface area (Å²) in [6.07, 6.45) is 1.40. The van der Waals surface area contributed by atoms with Gasteiger partial charge in [-0.2, -0.15) is 5.26 Å². The molecule has 0 aliphatic rings. The molecule has 5 heteroatoms. The normalized spacial score (nSPS) is 10.2. The van der Waals surface area contributed by atoms with Crippen molar-refractivity contribution in [3.8, 4) is 6.07 Å². The number of nitrogens with zero attached hydrogens (tertiary/aromatic N) is 2. The number of rotatable bonds is 3. The smallest absolute Gasteiger partial charge is 0.325 e. The first-order valence-electron chi connectivity index (χ1n) is 6.26. The van der Waals surface area contributed by atoms with Crippen LogP contribution in [0.3, 0.4) is 0 Å². The highest BCUT2D eigenvalue weighted by Crippen LogP contribution is 2.14. The number of carbonyl (C=O) groups is 1. The highest BCUT2D eigenvalue weighted by molar-refractivity contribution is 5.82. The third-order valence-electron chi connectivity index (χ3n) is 2.96. The van der Waals surface area contributed by atoms with E-state index in [1.165, 1.54) is 6.20 Å². The van der Waals surface area contributed by atoms with Crippen molar-refractivity contribution in [2.75, 3.05) is 6.61 Å². The molecule has 20 heavy (non-hydrogen) atoms. The zero-order chi connectivity index (χ0) is 14.7. The average Bonchev–Trinajstić information content (AvgIpc) is 2.42. The summed E-state index contributed by atoms with van der Waals surface area (Å²) in [4.78, 5) is 23.7. The van der Waals surface area contributed by atoms with Crippen LogP contribution >= 0.6 is 0 Å². The molecule has 0 amide bonds. The zero-order valence-electron chi connectivity index (χ0n) is 11.3. The van der Waals surface area contributed by atoms with Gasteiger partial charge in [0.2, 0.25) is 5.43 Å². The predicted octanol–water partition coefficient (Wildman–Crippen LogP) is 1.74. The first kappa shape index (κ1) is 13.8. The number of carbonyl (C=O) groups excluding carboxylic acids is 1. The molecule has 0 saturated carbocycles. The lowest BCUT2D eigenvalue weighted by Crippen LogP contribution is -2.18. The number of esters is 1. The molecule has 0 N–H and O–H groups in total. The number of aryl methyl sites for hydroxylation is 1. The summed E-state index contributed by atoms with van der Waals surface area (Å²) >= 11 is 0. The first-order valence-corrected chi connectivity index (χ1v) is 6.26. The van der Waals surface area contributed by atoms with E-state index < -0.39 is 5.97 Å². The molecule has 0 saturated heterocycles. The summed E-state index contributed by atoms with van der Waals surface area (Å²) < 4.78 is 6.48. The molecule has 0 unspecified atom stereocenters. The Hall–Kier alpha value is -2.61. The highest BCUT2D eigenvalue weighted by Gasteiger charge is 2.11. The van der Waals surface area contributed by atoms with Crippen molar-refractivity contribution in [1.29, 1.82) is 5.26 Å². The van der Waals surface area contributed by atoms with Gasteiger partial charge in [-0.3, -0.25) is 9.59 Å². The van der Waals surface area contributed by atoms with E-state index in [1.54, 1.807) is 23.6 Å². The molecular weight excluding hydrogens is 256 g/mol. The fraction of sp³-hybridized carbons (Fsp3) is 0.267. The van der Waals surface area contributed by atoms with Gasteiger partial charge in [-0.15, -0.1) is 0 Å². The largest absolute Gasteiger partial charge is 0.465 e. The van der Waals surface area contributed by atoms with Crippen molar-refractivity contribution < 1.29 is 9.53 Å². The van der Waals surface area contributed by atoms with Crippen LogP contribution in [0.25, 0.3) is 10.9 Å². The third kappa shape index (κ3) is 2.54. The Labute approximate surface area is 116 Å². The number of nitriles is 1. The van der Waals surface area contributed by atoms with E-state index in [0.29, 0.717) is 17.5 Å². The fourth-order valence-corrected chi connectivity index (χ4v) is 2.07. The number of hydrogen-bond donors (Lipinski definition) is 0. The molecule has 0 aliphatic carbocycles. The van der Waals surface area contributed by atoms with Crippen LogP contribution in [0.15, 0.2) is 29.2 Å². The summed E-state index contributed by atoms with van der Waals surface area (Å²) in [5.74, 6) is -0.401. The van der Waals surface area contributed by atoms with Crippen molar-refractivity contribution in [3.63, 3.8) is 0 Å². The second kappa shape index (κ2) is 5.57. The van der Waals surface area contributed by atoms with Crippen LogP contribution in [0, 0.1) is 18.3 Å². The van der Waals surface area contributed by atoms with Crippen molar-refractivity contribution >= 4 is 16.9 Å². The van der Waals surface area contributed by atoms with Crippen molar-refractivity contribution in [2.45, 2.75) is 20.4 Å². The van der Waals surface area contributed by atoms with E-state index >= 15 is 0 Å². The molecule has 2 aromatic rings. The molecule has 0 atom stereocenters. The van der Waals surface area contributed by atoms with E-state index in [-0.39, 0.29) is 17.5 Å². The van der Waals surface area contributed by atoms with Crippen LogP contribution in [0.2, 0.25) is 0 Å². The maximum Gasteiger partial charge on any atom is 0.325 e. The van der Waals surface area contributed by atoms with E-state index in [4.69, 9.17) is 10.00 Å². The Bertz CT molecular complexity index is 769. The number of hydrogen-bond acceptors (Lipinski definition) is 4. The monoisotopic (exact) mass is 270 g/mol. The lowest BCUT2D eigenvalue weighted by atomic mass is 10.1. The second-order valence-electron chi connectivity index (χ2n) is 4.44. The maximum atomic E-state index is 12.1. The number of fused-ring (bicyclic) bond motifs is 1. The minimum absolute atomic E-state index is 0.0207. The molecule has 0 radical (unpaired) electrons. The molecule has 1 aromatic heterocycles. The summed E-state index contributed by atoms with van der Waals surface area (Å²) in [6.45, 7) is 3.86. The van der Waals surface area contributed by atoms with Crippen molar-refractivity contribution in [1.82, 2.24) is 4.57 Å². The molecule has 0 spiro atoms. The number of aromatic nitrogens is 1. The first-order chi connectivity index (χ1) is 9.56. The van der Waals surface area contributed by atoms with Gasteiger partial charge in [-0.25, -0.2) is 0 Å². The Morgan fingerprint density at radius 1 is 1.45 bits per heavy atom. The fourth-order valence-electron chi connectivity index (χ4n) is 2.07. The minimum Gasteiger partial charge on any atom is -0.465 e. The molecule has 2 rings (SSSR count). The number of ether oxygens (including phenoxy) is 1. The van der Waals surface area contributed by atoms with Gasteiger partial charge in [-0.1, -0.05) is 11.6 Å². The van der Waals surface area contributed by atoms with Gasteiger partial charge < -0.3 is 9.30 Å². The lowest BCUT2D eigenvalue weighted by Gasteiger charge is -2.11. The van der Waals surface area contributed by atoms with E-state index in [1.807, 2.05) is 19.1 Å². The molecular formula is C15H14N2O3. The molecule has 0 aliphatic heterocycles. The van der Waals surface area contributed by atoms with Crippen LogP contribution in [-0.4, -0.2) is 17.1 Å². The number of pyridine rings is 1. The van der Waals surface area contributed by atoms with Gasteiger partial charge in [-0.05, 0) is 26.0 Å². The highest BCUT2D eigenvalue weighted by atomic mass is 16.5. The molecule has 5 nitrogen and oxygen atoms in total. The predicted molar refractivity (Wildman–Crippen MR) is 74.3 cm³/mol. The zero-order valence-corrected chi connectivity index (χ0v) is 11.3. The number of benzene rings is 1. The molecule has 1 heterocycles. The SMILES string of the molecule is CCOC(=O)Cn1cc(C#N)c(=O)c2cc(C)ccc21. The van der Waals surface area contributed by atoms with Crippen LogP contribution < -0.4 is 5.43 Å². The summed E-state index contributed by atoms with van der Waals surface area (Å²) in [5.41, 5.74) is 1.25. The molecule has 0 bridgehead atoms. The summed E-state index contributed by atoms with van der Waals surface area (Å²) in [5, 5.41) is 9.47. The Kier molecular flexibility index (Phi) is 3.85. The topological polar surface area (TPSA) is 72.1 Å². The van der Waals surface area contributed by atoms with Crippen LogP contribution in [0.5, 0.6) is 0 Å². The summed E-state index contributed by atoms with van der Waals surface area (Å²) in [7, 11) is 0. The van der Waals surface area contributed by atoms with Crippen molar-refractivity contribution in [2.24, 2.45) is 0 Å². The molecule has 0 fully saturated rings. The van der Waals surface area contributed by atoms with Crippen LogP contribution in [0.1, 0.15) is 18.1 Å². The maximum absolute atomic E-state index is 12.1. The third-order valence-corrected chi connectivity index (χ3v) is 2.96. The quantitative estimate of drug-likeness (QED) is 0.796. The van der Waals surface area contributed by atoms with Gasteiger partial charge in [0.1, 0.15) is 18.2 Å². The van der Waals surface area contributed by atoms with Crippen molar-refractivity contribution in [3.05, 3.63) is 45.7 Å². The molecule has 102 valence electrons. The standard InChI is InChI=1S/C15H14N2O3/c1-3-20-14(18)9-17-8-11(7-16)15(19)12-6-10(2)4-5-13(12)17/h4-6,8H,3,9H2,1-2H3. The van der Waals surface area contributed by atoms with Gasteiger partial charge in [0, 0.05) is 11.6 Å². The Morgan fingerprint density at radius 2 is 2.20 bits per heavy atom. The minimum atomic E-state index is -0.401. The van der Waals surface area contributed by atoms with E-state index in [9.17, 15) is 9.59 Å². The van der Waals surface area contributed by atoms with Crippen LogP contribution in [0.4, 0.5) is 0 Å². The lowest BCUT2D eigenvalue weighted by molar-refractivity contribution is -0.143. The van der Waals surface area contributed by atoms with E-state index in [0.717, 1.165) is 5.56 Å². The summed E-state index contributed by atoms with van der Waals surface area (Å²) in [6, 6.07) is 7.22. The Balaban J connectivity index is 2.65. The van der Waals surface area contributed by atoms with Crippen LogP contribution in [-0.2, 0) is 16.1 Å². The second-order valence-corrected chi connectivity index (χ2v) is 4.44. The van der Waals surface area contributed by atoms with Gasteiger partial charge in [0.15, 0.2) is 0 Å². The molecule has 1 aromatic carbocycles. The van der Waals surface area contributed by atoms with Gasteiger partial charge in [0.05, 0.1) is 12.1 Å². The van der Waals surface area contributed by atoms with Gasteiger partial charge in [0.25, 0.3) is 0 Å². The average molecular weight is 270 g/mol. The Morgan fingerprint density at radius 3 is 2.85 bits per heavy atom. The van der Waals surface area contributed by atoms with E-state index in [2.05, 4.69) is 0 Å². The van der Waals surface area contributed by atoms with Gasteiger partial charge >= 0.3 is 5.97 Å².